The first-order valence-corrected chi connectivity index (χ1v) is 4.22. The fourth-order valence-corrected chi connectivity index (χ4v) is 1.01. The van der Waals surface area contributed by atoms with Gasteiger partial charge in [-0.2, -0.15) is 5.10 Å². The van der Waals surface area contributed by atoms with E-state index in [4.69, 9.17) is 0 Å². The zero-order valence-electron chi connectivity index (χ0n) is 8.26. The normalized spacial score (nSPS) is 12.0. The van der Waals surface area contributed by atoms with Gasteiger partial charge in [-0.3, -0.25) is 4.68 Å². The highest BCUT2D eigenvalue weighted by atomic mass is 15.3. The second kappa shape index (κ2) is 3.27. The van der Waals surface area contributed by atoms with E-state index in [2.05, 4.69) is 37.3 Å². The van der Waals surface area contributed by atoms with Crippen LogP contribution in [0.1, 0.15) is 26.5 Å². The third-order valence-corrected chi connectivity index (χ3v) is 1.73. The first-order chi connectivity index (χ1) is 5.54. The van der Waals surface area contributed by atoms with Crippen molar-refractivity contribution in [2.75, 3.05) is 7.05 Å². The lowest BCUT2D eigenvalue weighted by Gasteiger charge is -2.14. The molecule has 0 amide bonds. The highest BCUT2D eigenvalue weighted by Gasteiger charge is 2.16. The molecular weight excluding hydrogens is 150 g/mol. The van der Waals surface area contributed by atoms with Crippen molar-refractivity contribution in [2.45, 2.75) is 32.9 Å². The van der Waals surface area contributed by atoms with Gasteiger partial charge in [0.05, 0.1) is 12.4 Å². The first-order valence-electron chi connectivity index (χ1n) is 4.22. The smallest absolute Gasteiger partial charge is 0.0901 e. The average molecular weight is 167 g/mol. The van der Waals surface area contributed by atoms with Gasteiger partial charge < -0.3 is 5.32 Å². The van der Waals surface area contributed by atoms with Crippen LogP contribution in [0.5, 0.6) is 0 Å². The van der Waals surface area contributed by atoms with Gasteiger partial charge in [-0.15, -0.1) is 0 Å². The van der Waals surface area contributed by atoms with E-state index in [0.29, 0.717) is 0 Å². The Balaban J connectivity index is 2.77. The van der Waals surface area contributed by atoms with Gasteiger partial charge in [0.25, 0.3) is 0 Å². The molecule has 0 fully saturated rings. The van der Waals surface area contributed by atoms with Gasteiger partial charge in [-0.1, -0.05) is 20.8 Å². The maximum atomic E-state index is 4.43. The predicted octanol–water partition coefficient (Wildman–Crippen LogP) is 1.36. The molecule has 0 saturated heterocycles. The van der Waals surface area contributed by atoms with Crippen LogP contribution < -0.4 is 5.32 Å². The van der Waals surface area contributed by atoms with E-state index in [0.717, 1.165) is 12.4 Å². The van der Waals surface area contributed by atoms with Gasteiger partial charge in [0.2, 0.25) is 0 Å². The highest BCUT2D eigenvalue weighted by molar-refractivity contribution is 5.10. The Morgan fingerprint density at radius 1 is 1.50 bits per heavy atom. The van der Waals surface area contributed by atoms with Crippen molar-refractivity contribution >= 4 is 0 Å². The Bertz CT molecular complexity index is 245. The minimum atomic E-state index is 0.152. The Hall–Kier alpha value is -0.830. The largest absolute Gasteiger partial charge is 0.301 e. The van der Waals surface area contributed by atoms with Crippen molar-refractivity contribution in [2.24, 2.45) is 0 Å². The molecule has 0 spiro atoms. The van der Waals surface area contributed by atoms with Gasteiger partial charge in [0.1, 0.15) is 0 Å². The Morgan fingerprint density at radius 3 is 2.58 bits per heavy atom. The topological polar surface area (TPSA) is 29.9 Å². The molecule has 3 heteroatoms. The van der Waals surface area contributed by atoms with E-state index in [9.17, 15) is 0 Å². The minimum Gasteiger partial charge on any atom is -0.301 e. The molecule has 0 aliphatic heterocycles. The van der Waals surface area contributed by atoms with Crippen LogP contribution in [0.25, 0.3) is 0 Å². The first kappa shape index (κ1) is 9.26. The summed E-state index contributed by atoms with van der Waals surface area (Å²) < 4.78 is 1.90. The molecule has 0 atom stereocenters. The summed E-state index contributed by atoms with van der Waals surface area (Å²) in [7, 11) is 1.92. The molecule has 0 bridgehead atoms. The monoisotopic (exact) mass is 167 g/mol. The van der Waals surface area contributed by atoms with Crippen molar-refractivity contribution in [3.05, 3.63) is 18.0 Å². The van der Waals surface area contributed by atoms with Gasteiger partial charge in [-0.05, 0) is 13.1 Å². The van der Waals surface area contributed by atoms with Crippen molar-refractivity contribution in [3.8, 4) is 0 Å². The zero-order chi connectivity index (χ0) is 9.19. The summed E-state index contributed by atoms with van der Waals surface area (Å²) in [6.07, 6.45) is 2.00. The Labute approximate surface area is 73.8 Å². The lowest BCUT2D eigenvalue weighted by atomic mass is 9.93. The maximum Gasteiger partial charge on any atom is 0.0901 e. The molecule has 1 aromatic heterocycles. The van der Waals surface area contributed by atoms with Crippen molar-refractivity contribution in [1.29, 1.82) is 0 Å². The lowest BCUT2D eigenvalue weighted by Crippen LogP contribution is -2.16. The lowest BCUT2D eigenvalue weighted by molar-refractivity contribution is 0.510. The van der Waals surface area contributed by atoms with Crippen molar-refractivity contribution in [1.82, 2.24) is 15.1 Å². The van der Waals surface area contributed by atoms with Crippen LogP contribution in [-0.2, 0) is 12.1 Å². The third kappa shape index (κ3) is 2.08. The van der Waals surface area contributed by atoms with Gasteiger partial charge in [0.15, 0.2) is 0 Å². The molecule has 1 rings (SSSR count). The highest BCUT2D eigenvalue weighted by Crippen LogP contribution is 2.19. The van der Waals surface area contributed by atoms with Crippen LogP contribution in [0.2, 0.25) is 0 Å². The summed E-state index contributed by atoms with van der Waals surface area (Å²) in [4.78, 5) is 0. The zero-order valence-corrected chi connectivity index (χ0v) is 8.26. The summed E-state index contributed by atoms with van der Waals surface area (Å²) in [6, 6.07) is 2.07. The summed E-state index contributed by atoms with van der Waals surface area (Å²) in [5.41, 5.74) is 1.29. The third-order valence-electron chi connectivity index (χ3n) is 1.73. The summed E-state index contributed by atoms with van der Waals surface area (Å²) in [5.74, 6) is 0. The van der Waals surface area contributed by atoms with E-state index in [1.807, 2.05) is 17.9 Å². The maximum absolute atomic E-state index is 4.43. The van der Waals surface area contributed by atoms with E-state index in [-0.39, 0.29) is 5.41 Å². The number of nitrogens with one attached hydrogen (secondary N) is 1. The Kier molecular flexibility index (Phi) is 2.52. The van der Waals surface area contributed by atoms with Gasteiger partial charge in [0, 0.05) is 11.6 Å². The molecule has 0 saturated carbocycles. The minimum absolute atomic E-state index is 0.152. The number of aromatic nitrogens is 2. The van der Waals surface area contributed by atoms with Crippen molar-refractivity contribution in [3.63, 3.8) is 0 Å². The predicted molar refractivity (Wildman–Crippen MR) is 50.0 cm³/mol. The molecule has 1 N–H and O–H groups in total. The van der Waals surface area contributed by atoms with Crippen LogP contribution >= 0.6 is 0 Å². The molecule has 12 heavy (non-hydrogen) atoms. The number of hydrogen-bond donors (Lipinski definition) is 1. The van der Waals surface area contributed by atoms with Crippen LogP contribution in [-0.4, -0.2) is 16.8 Å². The second-order valence-electron chi connectivity index (χ2n) is 4.00. The molecule has 68 valence electrons. The van der Waals surface area contributed by atoms with Crippen LogP contribution in [0.4, 0.5) is 0 Å². The van der Waals surface area contributed by atoms with E-state index in [1.165, 1.54) is 0 Å². The fraction of sp³-hybridized carbons (Fsp3) is 0.667. The van der Waals surface area contributed by atoms with Crippen LogP contribution in [0.3, 0.4) is 0 Å². The summed E-state index contributed by atoms with van der Waals surface area (Å²) >= 11 is 0. The number of nitrogens with zero attached hydrogens (tertiary/aromatic N) is 2. The molecule has 0 aromatic carbocycles. The summed E-state index contributed by atoms with van der Waals surface area (Å²) in [6.45, 7) is 7.27. The molecule has 0 radical (unpaired) electrons. The SMILES string of the molecule is CNCn1ccc(C(C)(C)C)n1. The molecule has 3 nitrogen and oxygen atoms in total. The Morgan fingerprint density at radius 2 is 2.17 bits per heavy atom. The molecule has 0 unspecified atom stereocenters. The molecule has 0 aliphatic carbocycles. The average Bonchev–Trinajstić information content (AvgIpc) is 2.35. The second-order valence-corrected chi connectivity index (χ2v) is 4.00. The van der Waals surface area contributed by atoms with E-state index in [1.54, 1.807) is 0 Å². The van der Waals surface area contributed by atoms with E-state index < -0.39 is 0 Å². The van der Waals surface area contributed by atoms with Crippen molar-refractivity contribution < 1.29 is 0 Å². The standard InChI is InChI=1S/C9H17N3/c1-9(2,3)8-5-6-12(11-8)7-10-4/h5-6,10H,7H2,1-4H3. The van der Waals surface area contributed by atoms with Crippen LogP contribution in [0.15, 0.2) is 12.3 Å². The fourth-order valence-electron chi connectivity index (χ4n) is 1.01. The molecule has 0 aliphatic rings. The number of rotatable bonds is 2. The molecule has 1 aromatic rings. The van der Waals surface area contributed by atoms with Gasteiger partial charge >= 0.3 is 0 Å². The summed E-state index contributed by atoms with van der Waals surface area (Å²) in [5, 5.41) is 7.47. The molecule has 1 heterocycles. The van der Waals surface area contributed by atoms with Gasteiger partial charge in [-0.25, -0.2) is 0 Å². The number of hydrogen-bond acceptors (Lipinski definition) is 2. The molecular formula is C9H17N3. The van der Waals surface area contributed by atoms with E-state index >= 15 is 0 Å². The van der Waals surface area contributed by atoms with Crippen LogP contribution in [0, 0.1) is 0 Å². The quantitative estimate of drug-likeness (QED) is 0.720.